The molecule has 0 amide bonds. The van der Waals surface area contributed by atoms with Crippen molar-refractivity contribution < 1.29 is 9.84 Å². The van der Waals surface area contributed by atoms with E-state index < -0.39 is 0 Å². The lowest BCUT2D eigenvalue weighted by molar-refractivity contribution is -0.0459. The Morgan fingerprint density at radius 3 is 2.60 bits per heavy atom. The summed E-state index contributed by atoms with van der Waals surface area (Å²) in [6.07, 6.45) is 10.4. The fourth-order valence-electron chi connectivity index (χ4n) is 3.66. The lowest BCUT2D eigenvalue weighted by atomic mass is 9.67. The van der Waals surface area contributed by atoms with E-state index in [0.29, 0.717) is 30.6 Å². The monoisotopic (exact) mass is 283 g/mol. The third-order valence-corrected chi connectivity index (χ3v) is 5.58. The largest absolute Gasteiger partial charge is 0.389 e. The molecule has 118 valence electrons. The zero-order valence-electron chi connectivity index (χ0n) is 13.4. The lowest BCUT2D eigenvalue weighted by Gasteiger charge is -2.41. The summed E-state index contributed by atoms with van der Waals surface area (Å²) < 4.78 is 5.92. The maximum atomic E-state index is 10.0. The van der Waals surface area contributed by atoms with E-state index in [2.05, 4.69) is 19.2 Å². The van der Waals surface area contributed by atoms with Gasteiger partial charge in [-0.15, -0.1) is 0 Å². The van der Waals surface area contributed by atoms with Gasteiger partial charge in [0.25, 0.3) is 0 Å². The van der Waals surface area contributed by atoms with Crippen molar-refractivity contribution in [1.29, 1.82) is 0 Å². The number of aliphatic hydroxyl groups excluding tert-OH is 1. The number of rotatable bonds is 8. The zero-order valence-corrected chi connectivity index (χ0v) is 13.4. The zero-order chi connectivity index (χ0) is 14.4. The average molecular weight is 283 g/mol. The normalized spacial score (nSPS) is 30.8. The minimum atomic E-state index is -0.363. The molecule has 0 spiro atoms. The minimum absolute atomic E-state index is 0.363. The average Bonchev–Trinajstić information content (AvgIpc) is 2.41. The standard InChI is InChI=1S/C17H33NO2/c1-3-17(9-6-10-17)13-18-11-15(19)12-20-16-8-5-4-7-14(16)2/h14-16,18-19H,3-13H2,1-2H3. The van der Waals surface area contributed by atoms with Crippen molar-refractivity contribution in [3.63, 3.8) is 0 Å². The first-order valence-corrected chi connectivity index (χ1v) is 8.65. The van der Waals surface area contributed by atoms with E-state index in [1.165, 1.54) is 51.4 Å². The number of ether oxygens (including phenoxy) is 1. The molecule has 0 aromatic carbocycles. The van der Waals surface area contributed by atoms with Crippen LogP contribution >= 0.6 is 0 Å². The van der Waals surface area contributed by atoms with Crippen LogP contribution in [0.2, 0.25) is 0 Å². The summed E-state index contributed by atoms with van der Waals surface area (Å²) in [6.45, 7) is 6.77. The molecule has 2 fully saturated rings. The Bertz CT molecular complexity index is 273. The molecule has 2 rings (SSSR count). The smallest absolute Gasteiger partial charge is 0.0897 e. The van der Waals surface area contributed by atoms with Crippen LogP contribution in [0.25, 0.3) is 0 Å². The number of hydrogen-bond acceptors (Lipinski definition) is 3. The van der Waals surface area contributed by atoms with Crippen molar-refractivity contribution in [2.24, 2.45) is 11.3 Å². The van der Waals surface area contributed by atoms with Crippen molar-refractivity contribution in [1.82, 2.24) is 5.32 Å². The van der Waals surface area contributed by atoms with Gasteiger partial charge in [-0.2, -0.15) is 0 Å². The molecule has 0 bridgehead atoms. The summed E-state index contributed by atoms with van der Waals surface area (Å²) in [5.41, 5.74) is 0.526. The molecule has 20 heavy (non-hydrogen) atoms. The van der Waals surface area contributed by atoms with Crippen LogP contribution in [0.15, 0.2) is 0 Å². The van der Waals surface area contributed by atoms with Gasteiger partial charge in [-0.25, -0.2) is 0 Å². The van der Waals surface area contributed by atoms with Gasteiger partial charge < -0.3 is 15.2 Å². The first-order chi connectivity index (χ1) is 9.65. The molecular weight excluding hydrogens is 250 g/mol. The van der Waals surface area contributed by atoms with Gasteiger partial charge in [-0.1, -0.05) is 33.1 Å². The molecule has 2 saturated carbocycles. The number of hydrogen-bond donors (Lipinski definition) is 2. The fourth-order valence-corrected chi connectivity index (χ4v) is 3.66. The molecule has 0 aromatic heterocycles. The second-order valence-corrected chi connectivity index (χ2v) is 7.13. The first kappa shape index (κ1) is 16.3. The Labute approximate surface area is 124 Å². The van der Waals surface area contributed by atoms with E-state index in [1.54, 1.807) is 0 Å². The summed E-state index contributed by atoms with van der Waals surface area (Å²) in [5, 5.41) is 13.5. The van der Waals surface area contributed by atoms with Gasteiger partial charge in [0.1, 0.15) is 0 Å². The third-order valence-electron chi connectivity index (χ3n) is 5.58. The SMILES string of the molecule is CCC1(CNCC(O)COC2CCCCC2C)CCC1. The highest BCUT2D eigenvalue weighted by atomic mass is 16.5. The topological polar surface area (TPSA) is 41.5 Å². The molecule has 0 heterocycles. The highest BCUT2D eigenvalue weighted by Crippen LogP contribution is 2.42. The Hall–Kier alpha value is -0.120. The van der Waals surface area contributed by atoms with E-state index in [0.717, 1.165) is 6.54 Å². The number of nitrogens with one attached hydrogen (secondary N) is 1. The first-order valence-electron chi connectivity index (χ1n) is 8.65. The highest BCUT2D eigenvalue weighted by molar-refractivity contribution is 4.88. The Kier molecular flexibility index (Phi) is 6.31. The van der Waals surface area contributed by atoms with Crippen LogP contribution in [0.3, 0.4) is 0 Å². The van der Waals surface area contributed by atoms with E-state index in [4.69, 9.17) is 4.74 Å². The van der Waals surface area contributed by atoms with Crippen molar-refractivity contribution in [2.45, 2.75) is 77.4 Å². The maximum Gasteiger partial charge on any atom is 0.0897 e. The molecule has 3 atom stereocenters. The van der Waals surface area contributed by atoms with Crippen molar-refractivity contribution in [3.05, 3.63) is 0 Å². The van der Waals surface area contributed by atoms with Crippen molar-refractivity contribution in [3.8, 4) is 0 Å². The van der Waals surface area contributed by atoms with Crippen molar-refractivity contribution in [2.75, 3.05) is 19.7 Å². The third kappa shape index (κ3) is 4.44. The molecule has 3 heteroatoms. The minimum Gasteiger partial charge on any atom is -0.389 e. The van der Waals surface area contributed by atoms with Crippen LogP contribution in [0.1, 0.15) is 65.2 Å². The van der Waals surface area contributed by atoms with Gasteiger partial charge in [0.15, 0.2) is 0 Å². The lowest BCUT2D eigenvalue weighted by Crippen LogP contribution is -2.43. The quantitative estimate of drug-likeness (QED) is 0.719. The summed E-state index contributed by atoms with van der Waals surface area (Å²) in [6, 6.07) is 0. The molecule has 3 unspecified atom stereocenters. The Balaban J connectivity index is 1.57. The van der Waals surface area contributed by atoms with Crippen LogP contribution in [0.4, 0.5) is 0 Å². The molecule has 0 saturated heterocycles. The van der Waals surface area contributed by atoms with Gasteiger partial charge in [0.2, 0.25) is 0 Å². The summed E-state index contributed by atoms with van der Waals surface area (Å²) >= 11 is 0. The summed E-state index contributed by atoms with van der Waals surface area (Å²) in [7, 11) is 0. The molecule has 3 nitrogen and oxygen atoms in total. The molecule has 0 radical (unpaired) electrons. The fraction of sp³-hybridized carbons (Fsp3) is 1.00. The maximum absolute atomic E-state index is 10.0. The van der Waals surface area contributed by atoms with Gasteiger partial charge in [-0.3, -0.25) is 0 Å². The van der Waals surface area contributed by atoms with E-state index >= 15 is 0 Å². The predicted molar refractivity (Wildman–Crippen MR) is 82.8 cm³/mol. The Morgan fingerprint density at radius 2 is 2.00 bits per heavy atom. The second-order valence-electron chi connectivity index (χ2n) is 7.13. The molecule has 0 aliphatic heterocycles. The second kappa shape index (κ2) is 7.77. The van der Waals surface area contributed by atoms with Crippen LogP contribution in [0, 0.1) is 11.3 Å². The van der Waals surface area contributed by atoms with E-state index in [1.807, 2.05) is 0 Å². The van der Waals surface area contributed by atoms with E-state index in [9.17, 15) is 5.11 Å². The van der Waals surface area contributed by atoms with Gasteiger partial charge in [0, 0.05) is 13.1 Å². The molecule has 2 aliphatic rings. The van der Waals surface area contributed by atoms with Crippen molar-refractivity contribution >= 4 is 0 Å². The molecular formula is C17H33NO2. The van der Waals surface area contributed by atoms with Crippen LogP contribution in [-0.2, 0) is 4.74 Å². The van der Waals surface area contributed by atoms with Crippen LogP contribution in [0.5, 0.6) is 0 Å². The van der Waals surface area contributed by atoms with Gasteiger partial charge in [0.05, 0.1) is 18.8 Å². The van der Waals surface area contributed by atoms with Crippen LogP contribution in [-0.4, -0.2) is 37.0 Å². The summed E-state index contributed by atoms with van der Waals surface area (Å²) in [4.78, 5) is 0. The summed E-state index contributed by atoms with van der Waals surface area (Å²) in [5.74, 6) is 0.655. The van der Waals surface area contributed by atoms with Crippen LogP contribution < -0.4 is 5.32 Å². The van der Waals surface area contributed by atoms with Gasteiger partial charge in [-0.05, 0) is 43.4 Å². The molecule has 2 N–H and O–H groups in total. The number of aliphatic hydroxyl groups is 1. The highest BCUT2D eigenvalue weighted by Gasteiger charge is 2.34. The Morgan fingerprint density at radius 1 is 1.25 bits per heavy atom. The van der Waals surface area contributed by atoms with Gasteiger partial charge >= 0.3 is 0 Å². The molecule has 2 aliphatic carbocycles. The predicted octanol–water partition coefficient (Wildman–Crippen LogP) is 3.11. The van der Waals surface area contributed by atoms with E-state index in [-0.39, 0.29) is 6.10 Å². The molecule has 0 aromatic rings.